The first-order valence-electron chi connectivity index (χ1n) is 20.4. The number of aromatic amines is 2. The van der Waals surface area contributed by atoms with Gasteiger partial charge in [-0.1, -0.05) is 32.0 Å². The Hall–Kier alpha value is -5.89. The van der Waals surface area contributed by atoms with E-state index in [-0.39, 0.29) is 41.8 Å². The lowest BCUT2D eigenvalue weighted by Gasteiger charge is -2.30. The number of nitrogens with one attached hydrogen (secondary N) is 3. The molecule has 5 aromatic rings. The van der Waals surface area contributed by atoms with E-state index in [9.17, 15) is 14.4 Å². The number of methoxy groups -OCH3 is 2. The molecule has 3 aromatic carbocycles. The smallest absolute Gasteiger partial charge is 0.410 e. The molecule has 3 amide bonds. The lowest BCUT2D eigenvalue weighted by molar-refractivity contribution is -0.133. The van der Waals surface area contributed by atoms with Crippen molar-refractivity contribution in [3.63, 3.8) is 0 Å². The Bertz CT molecular complexity index is 2550. The van der Waals surface area contributed by atoms with Gasteiger partial charge in [-0.3, -0.25) is 9.69 Å². The van der Waals surface area contributed by atoms with Crippen molar-refractivity contribution in [2.75, 3.05) is 27.4 Å². The highest BCUT2D eigenvalue weighted by Gasteiger charge is 2.53. The lowest BCUT2D eigenvalue weighted by Crippen LogP contribution is -2.50. The first-order valence-corrected chi connectivity index (χ1v) is 20.4. The summed E-state index contributed by atoms with van der Waals surface area (Å²) in [6.07, 6.45) is 2.30. The average Bonchev–Trinajstić information content (AvgIpc) is 3.82. The summed E-state index contributed by atoms with van der Waals surface area (Å²) in [5, 5.41) is 4.73. The maximum Gasteiger partial charge on any atom is 0.410 e. The summed E-state index contributed by atoms with van der Waals surface area (Å²) in [6, 6.07) is 13.5. The van der Waals surface area contributed by atoms with Gasteiger partial charge >= 0.3 is 12.2 Å². The fourth-order valence-corrected chi connectivity index (χ4v) is 9.22. The molecule has 0 saturated carbocycles. The predicted octanol–water partition coefficient (Wildman–Crippen LogP) is 8.17. The summed E-state index contributed by atoms with van der Waals surface area (Å²) >= 11 is 0. The van der Waals surface area contributed by atoms with Crippen LogP contribution >= 0.6 is 0 Å². The zero-order chi connectivity index (χ0) is 41.5. The Morgan fingerprint density at radius 3 is 2.56 bits per heavy atom. The van der Waals surface area contributed by atoms with Crippen molar-refractivity contribution >= 4 is 39.9 Å². The van der Waals surface area contributed by atoms with Gasteiger partial charge in [0.2, 0.25) is 5.91 Å². The Kier molecular flexibility index (Phi) is 9.45. The SMILES string of the molecule is COC[C@H]1C[C@@H](c2nc3c(ccc4cc5c(cc43)OCc3cc(-c4cnc([C@@H]6C[C@H]7C(C)=C7N6C(=O)[C@@H](NC(=O)OC)C(C)C)[nH]4)ccc3-5)[nH]2)N(C(=O)OC(C)(C)C)C1. The lowest BCUT2D eigenvalue weighted by atomic mass is 9.92. The second-order valence-corrected chi connectivity index (χ2v) is 17.6. The number of amides is 3. The number of benzene rings is 3. The molecule has 2 saturated heterocycles. The summed E-state index contributed by atoms with van der Waals surface area (Å²) in [5.74, 6) is 2.32. The van der Waals surface area contributed by atoms with Gasteiger partial charge in [0.15, 0.2) is 0 Å². The first kappa shape index (κ1) is 38.6. The number of hydrogen-bond donors (Lipinski definition) is 3. The summed E-state index contributed by atoms with van der Waals surface area (Å²) < 4.78 is 22.5. The third-order valence-corrected chi connectivity index (χ3v) is 12.2. The third kappa shape index (κ3) is 6.86. The van der Waals surface area contributed by atoms with Crippen LogP contribution in [0.5, 0.6) is 5.75 Å². The number of allylic oxidation sites excluding steroid dienone is 2. The fraction of sp³-hybridized carbons (Fsp3) is 0.444. The first-order chi connectivity index (χ1) is 28.2. The highest BCUT2D eigenvalue weighted by Crippen LogP contribution is 2.57. The monoisotopic (exact) mass is 801 g/mol. The van der Waals surface area contributed by atoms with Crippen LogP contribution in [0.1, 0.15) is 83.7 Å². The zero-order valence-corrected chi connectivity index (χ0v) is 34.8. The van der Waals surface area contributed by atoms with Crippen molar-refractivity contribution in [3.05, 3.63) is 77.1 Å². The molecule has 0 spiro atoms. The van der Waals surface area contributed by atoms with Crippen LogP contribution < -0.4 is 10.1 Å². The Morgan fingerprint density at radius 2 is 1.81 bits per heavy atom. The van der Waals surface area contributed by atoms with Gasteiger partial charge < -0.3 is 39.1 Å². The number of carbonyl (C=O) groups is 3. The maximum atomic E-state index is 14.0. The number of likely N-dealkylation sites (tertiary alicyclic amines) is 2. The molecule has 2 aromatic heterocycles. The van der Waals surface area contributed by atoms with Crippen LogP contribution in [0.4, 0.5) is 9.59 Å². The minimum Gasteiger partial charge on any atom is -0.488 e. The highest BCUT2D eigenvalue weighted by molar-refractivity contribution is 6.07. The van der Waals surface area contributed by atoms with Crippen LogP contribution in [-0.2, 0) is 25.6 Å². The second-order valence-electron chi connectivity index (χ2n) is 17.6. The molecule has 3 N–H and O–H groups in total. The minimum absolute atomic E-state index is 0.136. The molecule has 2 fully saturated rings. The van der Waals surface area contributed by atoms with Crippen LogP contribution in [0.15, 0.2) is 59.9 Å². The van der Waals surface area contributed by atoms with Crippen LogP contribution in [0.2, 0.25) is 0 Å². The molecule has 1 aliphatic carbocycles. The number of ether oxygens (including phenoxy) is 4. The van der Waals surface area contributed by atoms with Crippen molar-refractivity contribution < 1.29 is 33.3 Å². The highest BCUT2D eigenvalue weighted by atomic mass is 16.6. The van der Waals surface area contributed by atoms with E-state index < -0.39 is 17.7 Å². The number of nitrogens with zero attached hydrogens (tertiary/aromatic N) is 4. The quantitative estimate of drug-likeness (QED) is 0.140. The number of rotatable bonds is 8. The van der Waals surface area contributed by atoms with Gasteiger partial charge in [0.1, 0.15) is 35.6 Å². The van der Waals surface area contributed by atoms with Crippen molar-refractivity contribution in [1.82, 2.24) is 35.1 Å². The molecule has 3 aliphatic heterocycles. The molecule has 59 heavy (non-hydrogen) atoms. The molecule has 14 heteroatoms. The van der Waals surface area contributed by atoms with E-state index in [1.54, 1.807) is 12.0 Å². The number of H-pyrrole nitrogens is 2. The molecule has 0 unspecified atom stereocenters. The van der Waals surface area contributed by atoms with Gasteiger partial charge in [0, 0.05) is 42.1 Å². The van der Waals surface area contributed by atoms with E-state index in [0.29, 0.717) is 32.0 Å². The molecule has 5 atom stereocenters. The van der Waals surface area contributed by atoms with Crippen molar-refractivity contribution in [3.8, 4) is 28.1 Å². The van der Waals surface area contributed by atoms with E-state index in [0.717, 1.165) is 73.4 Å². The number of fused-ring (bicyclic) bond motifs is 7. The van der Waals surface area contributed by atoms with Crippen LogP contribution in [0.3, 0.4) is 0 Å². The normalized spacial score (nSPS) is 21.4. The van der Waals surface area contributed by atoms with Gasteiger partial charge in [-0.05, 0) is 98.4 Å². The number of carbonyl (C=O) groups excluding carboxylic acids is 3. The molecule has 4 aliphatic rings. The second kappa shape index (κ2) is 14.4. The molecule has 14 nitrogen and oxygen atoms in total. The number of imidazole rings is 2. The minimum atomic E-state index is -0.731. The van der Waals surface area contributed by atoms with Gasteiger partial charge in [-0.2, -0.15) is 0 Å². The number of hydrogen-bond acceptors (Lipinski definition) is 9. The average molecular weight is 802 g/mol. The van der Waals surface area contributed by atoms with Gasteiger partial charge in [0.05, 0.1) is 48.7 Å². The summed E-state index contributed by atoms with van der Waals surface area (Å²) in [4.78, 5) is 60.0. The third-order valence-electron chi connectivity index (χ3n) is 12.2. The number of alkyl carbamates (subject to hydrolysis) is 1. The molecule has 9 rings (SSSR count). The standard InChI is InChI=1S/C45H51N7O7/c1-22(2)37(50-43(54)57-8)42(53)52-35(16-29-23(3)39(29)52)40-46-18-33(48-40)26-9-11-28-27(14-26)21-58-36-17-30-25(15-31(28)36)10-12-32-38(30)49-41(47-32)34-13-24(20-56-7)19-51(34)44(55)59-45(4,5)6/h9-12,14-15,17-18,22,24,29,34-35,37H,13,16,19-21H2,1-8H3,(H,46,48)(H,47,49)(H,50,54)/t24-,29-,34-,35-,37-/m0/s1. The largest absolute Gasteiger partial charge is 0.488 e. The van der Waals surface area contributed by atoms with Gasteiger partial charge in [-0.25, -0.2) is 19.6 Å². The van der Waals surface area contributed by atoms with E-state index >= 15 is 0 Å². The topological polar surface area (TPSA) is 164 Å². The summed E-state index contributed by atoms with van der Waals surface area (Å²) in [7, 11) is 2.98. The van der Waals surface area contributed by atoms with Gasteiger partial charge in [0.25, 0.3) is 0 Å². The predicted molar refractivity (Wildman–Crippen MR) is 221 cm³/mol. The Morgan fingerprint density at radius 1 is 1.00 bits per heavy atom. The Labute approximate surface area is 342 Å². The number of aromatic nitrogens is 4. The van der Waals surface area contributed by atoms with Crippen LogP contribution in [-0.4, -0.2) is 86.8 Å². The van der Waals surface area contributed by atoms with Crippen LogP contribution in [0.25, 0.3) is 44.2 Å². The molecule has 0 bridgehead atoms. The van der Waals surface area contributed by atoms with Crippen molar-refractivity contribution in [1.29, 1.82) is 0 Å². The summed E-state index contributed by atoms with van der Waals surface area (Å²) in [6.45, 7) is 13.0. The van der Waals surface area contributed by atoms with Crippen molar-refractivity contribution in [2.24, 2.45) is 17.8 Å². The van der Waals surface area contributed by atoms with Gasteiger partial charge in [-0.15, -0.1) is 0 Å². The Balaban J connectivity index is 0.980. The van der Waals surface area contributed by atoms with E-state index in [1.165, 1.54) is 12.7 Å². The van der Waals surface area contributed by atoms with E-state index in [4.69, 9.17) is 28.9 Å². The molecular weight excluding hydrogens is 751 g/mol. The summed E-state index contributed by atoms with van der Waals surface area (Å²) in [5.41, 5.74) is 8.28. The van der Waals surface area contributed by atoms with Crippen molar-refractivity contribution in [2.45, 2.75) is 84.7 Å². The zero-order valence-electron chi connectivity index (χ0n) is 34.8. The van der Waals surface area contributed by atoms with Crippen LogP contribution in [0, 0.1) is 17.8 Å². The molecule has 308 valence electrons. The maximum absolute atomic E-state index is 14.0. The van der Waals surface area contributed by atoms with E-state index in [1.807, 2.05) is 51.8 Å². The molecular formula is C45H51N7O7. The molecule has 0 radical (unpaired) electrons. The fourth-order valence-electron chi connectivity index (χ4n) is 9.22. The molecule has 5 heterocycles. The van der Waals surface area contributed by atoms with E-state index in [2.05, 4.69) is 58.6 Å².